The van der Waals surface area contributed by atoms with Crippen LogP contribution in [0.25, 0.3) is 0 Å². The molecule has 2 bridgehead atoms. The second-order valence-electron chi connectivity index (χ2n) is 6.10. The molecule has 0 unspecified atom stereocenters. The lowest BCUT2D eigenvalue weighted by Gasteiger charge is -2.27. The fourth-order valence-electron chi connectivity index (χ4n) is 3.98. The highest BCUT2D eigenvalue weighted by Gasteiger charge is 2.53. The van der Waals surface area contributed by atoms with Crippen LogP contribution in [0.15, 0.2) is 24.3 Å². The van der Waals surface area contributed by atoms with Crippen LogP contribution in [-0.2, 0) is 9.59 Å². The fraction of sp³-hybridized carbons (Fsp3) is 0.438. The average Bonchev–Trinajstić information content (AvgIpc) is 3.07. The van der Waals surface area contributed by atoms with Crippen molar-refractivity contribution in [1.82, 2.24) is 0 Å². The Morgan fingerprint density at radius 1 is 1.05 bits per heavy atom. The van der Waals surface area contributed by atoms with E-state index in [1.807, 2.05) is 0 Å². The van der Waals surface area contributed by atoms with Gasteiger partial charge in [-0.15, -0.1) is 0 Å². The highest BCUT2D eigenvalue weighted by Crippen LogP contribution is 2.52. The van der Waals surface area contributed by atoms with Crippen LogP contribution in [0.2, 0.25) is 0 Å². The molecule has 2 aliphatic rings. The lowest BCUT2D eigenvalue weighted by Crippen LogP contribution is -2.37. The third-order valence-electron chi connectivity index (χ3n) is 4.88. The number of fused-ring (bicyclic) bond motifs is 2. The summed E-state index contributed by atoms with van der Waals surface area (Å²) >= 11 is 0. The summed E-state index contributed by atoms with van der Waals surface area (Å²) in [6.45, 7) is 0. The SMILES string of the molecule is O=C(O)c1cccc(NC(=O)[C@@H]2[C@@H]3CC[C@@H](C3)[C@@H]2C(=O)O)c1. The standard InChI is InChI=1S/C16H17NO5/c18-14(17-11-3-1-2-10(7-11)15(19)20)12-8-4-5-9(6-8)13(12)16(21)22/h1-3,7-9,12-13H,4-6H2,(H,17,18)(H,19,20)(H,21,22)/t8-,9+,12-,13+/m1/s1. The van der Waals surface area contributed by atoms with Crippen molar-refractivity contribution in [2.45, 2.75) is 19.3 Å². The summed E-state index contributed by atoms with van der Waals surface area (Å²) in [6.07, 6.45) is 2.56. The van der Waals surface area contributed by atoms with Crippen LogP contribution in [0.4, 0.5) is 5.69 Å². The van der Waals surface area contributed by atoms with Gasteiger partial charge in [0.15, 0.2) is 0 Å². The molecule has 0 spiro atoms. The third-order valence-corrected chi connectivity index (χ3v) is 4.88. The lowest BCUT2D eigenvalue weighted by atomic mass is 9.78. The molecule has 0 aromatic heterocycles. The number of hydrogen-bond donors (Lipinski definition) is 3. The average molecular weight is 303 g/mol. The Balaban J connectivity index is 1.78. The minimum absolute atomic E-state index is 0.0838. The molecular weight excluding hydrogens is 286 g/mol. The molecule has 1 aromatic rings. The van der Waals surface area contributed by atoms with Crippen molar-refractivity contribution in [3.05, 3.63) is 29.8 Å². The van der Waals surface area contributed by atoms with E-state index in [0.29, 0.717) is 5.69 Å². The van der Waals surface area contributed by atoms with Gasteiger partial charge in [-0.25, -0.2) is 4.79 Å². The van der Waals surface area contributed by atoms with Crippen LogP contribution in [-0.4, -0.2) is 28.1 Å². The van der Waals surface area contributed by atoms with E-state index in [1.165, 1.54) is 12.1 Å². The molecule has 0 aliphatic heterocycles. The summed E-state index contributed by atoms with van der Waals surface area (Å²) < 4.78 is 0. The Morgan fingerprint density at radius 2 is 1.73 bits per heavy atom. The topological polar surface area (TPSA) is 104 Å². The molecule has 6 nitrogen and oxygen atoms in total. The summed E-state index contributed by atoms with van der Waals surface area (Å²) in [5.74, 6) is -3.24. The molecule has 0 radical (unpaired) electrons. The van der Waals surface area contributed by atoms with E-state index >= 15 is 0 Å². The molecule has 1 amide bonds. The van der Waals surface area contributed by atoms with Gasteiger partial charge in [-0.05, 0) is 49.3 Å². The smallest absolute Gasteiger partial charge is 0.335 e. The Morgan fingerprint density at radius 3 is 2.36 bits per heavy atom. The van der Waals surface area contributed by atoms with Gasteiger partial charge in [0, 0.05) is 5.69 Å². The molecule has 2 fully saturated rings. The quantitative estimate of drug-likeness (QED) is 0.790. The molecule has 6 heteroatoms. The normalized spacial score (nSPS) is 29.3. The minimum atomic E-state index is -1.07. The van der Waals surface area contributed by atoms with Crippen LogP contribution < -0.4 is 5.32 Å². The maximum atomic E-state index is 12.5. The third kappa shape index (κ3) is 2.45. The van der Waals surface area contributed by atoms with E-state index < -0.39 is 23.8 Å². The number of nitrogens with one attached hydrogen (secondary N) is 1. The highest BCUT2D eigenvalue weighted by atomic mass is 16.4. The van der Waals surface area contributed by atoms with Gasteiger partial charge in [-0.2, -0.15) is 0 Å². The van der Waals surface area contributed by atoms with Gasteiger partial charge in [0.25, 0.3) is 0 Å². The number of aromatic carboxylic acids is 1. The Kier molecular flexibility index (Phi) is 3.60. The van der Waals surface area contributed by atoms with Crippen LogP contribution in [0, 0.1) is 23.7 Å². The van der Waals surface area contributed by atoms with Crippen molar-refractivity contribution < 1.29 is 24.6 Å². The maximum absolute atomic E-state index is 12.5. The van der Waals surface area contributed by atoms with Crippen molar-refractivity contribution in [3.8, 4) is 0 Å². The number of rotatable bonds is 4. The first-order valence-electron chi connectivity index (χ1n) is 7.34. The molecule has 116 valence electrons. The largest absolute Gasteiger partial charge is 0.481 e. The predicted octanol–water partition coefficient (Wildman–Crippen LogP) is 2.07. The van der Waals surface area contributed by atoms with Gasteiger partial charge in [-0.1, -0.05) is 6.07 Å². The van der Waals surface area contributed by atoms with Crippen molar-refractivity contribution in [1.29, 1.82) is 0 Å². The molecule has 3 N–H and O–H groups in total. The Hall–Kier alpha value is -2.37. The second kappa shape index (κ2) is 5.44. The number of carboxylic acid groups (broad SMARTS) is 2. The van der Waals surface area contributed by atoms with E-state index in [9.17, 15) is 19.5 Å². The van der Waals surface area contributed by atoms with Gasteiger partial charge in [-0.3, -0.25) is 9.59 Å². The number of anilines is 1. The Labute approximate surface area is 127 Å². The summed E-state index contributed by atoms with van der Waals surface area (Å²) in [4.78, 5) is 34.9. The van der Waals surface area contributed by atoms with Crippen molar-refractivity contribution in [2.24, 2.45) is 23.7 Å². The van der Waals surface area contributed by atoms with E-state index in [0.717, 1.165) is 19.3 Å². The summed E-state index contributed by atoms with van der Waals surface area (Å²) in [7, 11) is 0. The van der Waals surface area contributed by atoms with Crippen LogP contribution in [0.3, 0.4) is 0 Å². The van der Waals surface area contributed by atoms with Crippen molar-refractivity contribution >= 4 is 23.5 Å². The van der Waals surface area contributed by atoms with Gasteiger partial charge < -0.3 is 15.5 Å². The van der Waals surface area contributed by atoms with Crippen molar-refractivity contribution in [2.75, 3.05) is 5.32 Å². The summed E-state index contributed by atoms with van der Waals surface area (Å²) in [5, 5.41) is 21.0. The number of benzene rings is 1. The van der Waals surface area contributed by atoms with E-state index in [1.54, 1.807) is 12.1 Å². The first-order chi connectivity index (χ1) is 10.5. The minimum Gasteiger partial charge on any atom is -0.481 e. The molecule has 3 rings (SSSR count). The summed E-state index contributed by atoms with van der Waals surface area (Å²) in [5.41, 5.74) is 0.470. The van der Waals surface area contributed by atoms with Crippen LogP contribution in [0.1, 0.15) is 29.6 Å². The van der Waals surface area contributed by atoms with Gasteiger partial charge in [0.05, 0.1) is 17.4 Å². The maximum Gasteiger partial charge on any atom is 0.335 e. The zero-order valence-electron chi connectivity index (χ0n) is 11.9. The van der Waals surface area contributed by atoms with Crippen molar-refractivity contribution in [3.63, 3.8) is 0 Å². The summed E-state index contributed by atoms with van der Waals surface area (Å²) in [6, 6.07) is 5.97. The molecule has 2 saturated carbocycles. The fourth-order valence-corrected chi connectivity index (χ4v) is 3.98. The Bertz CT molecular complexity index is 641. The van der Waals surface area contributed by atoms with Crippen LogP contribution >= 0.6 is 0 Å². The molecule has 0 saturated heterocycles. The zero-order valence-corrected chi connectivity index (χ0v) is 11.9. The molecule has 4 atom stereocenters. The molecule has 1 aromatic carbocycles. The van der Waals surface area contributed by atoms with E-state index in [4.69, 9.17) is 5.11 Å². The number of carboxylic acids is 2. The predicted molar refractivity (Wildman–Crippen MR) is 77.5 cm³/mol. The highest BCUT2D eigenvalue weighted by molar-refractivity contribution is 5.97. The van der Waals surface area contributed by atoms with Gasteiger partial charge in [0.1, 0.15) is 0 Å². The van der Waals surface area contributed by atoms with Crippen LogP contribution in [0.5, 0.6) is 0 Å². The number of aliphatic carboxylic acids is 1. The first-order valence-corrected chi connectivity index (χ1v) is 7.34. The number of hydrogen-bond acceptors (Lipinski definition) is 3. The number of carbonyl (C=O) groups is 3. The molecule has 2 aliphatic carbocycles. The van der Waals surface area contributed by atoms with Gasteiger partial charge >= 0.3 is 11.9 Å². The molecule has 0 heterocycles. The first kappa shape index (κ1) is 14.6. The lowest BCUT2D eigenvalue weighted by molar-refractivity contribution is -0.148. The molecule has 22 heavy (non-hydrogen) atoms. The number of amides is 1. The van der Waals surface area contributed by atoms with E-state index in [2.05, 4.69) is 5.32 Å². The molecular formula is C16H17NO5. The van der Waals surface area contributed by atoms with Gasteiger partial charge in [0.2, 0.25) is 5.91 Å². The number of carbonyl (C=O) groups excluding carboxylic acids is 1. The zero-order chi connectivity index (χ0) is 15.9. The monoisotopic (exact) mass is 303 g/mol. The second-order valence-corrected chi connectivity index (χ2v) is 6.10. The van der Waals surface area contributed by atoms with E-state index in [-0.39, 0.29) is 23.3 Å².